The quantitative estimate of drug-likeness (QED) is 0.817. The predicted molar refractivity (Wildman–Crippen MR) is 69.1 cm³/mol. The maximum atomic E-state index is 13.6. The van der Waals surface area contributed by atoms with Crippen LogP contribution in [0.2, 0.25) is 0 Å². The fourth-order valence-corrected chi connectivity index (χ4v) is 2.52. The Morgan fingerprint density at radius 2 is 2.06 bits per heavy atom. The van der Waals surface area contributed by atoms with Gasteiger partial charge in [-0.25, -0.2) is 4.39 Å². The molecule has 1 aliphatic rings. The number of likely N-dealkylation sites (tertiary alicyclic amines) is 1. The average Bonchev–Trinajstić information content (AvgIpc) is 2.35. The van der Waals surface area contributed by atoms with Gasteiger partial charge in [-0.15, -0.1) is 0 Å². The lowest BCUT2D eigenvalue weighted by molar-refractivity contribution is 0.173. The molecule has 1 aromatic carbocycles. The van der Waals surface area contributed by atoms with E-state index in [0.717, 1.165) is 19.0 Å². The molecule has 1 heterocycles. The van der Waals surface area contributed by atoms with Gasteiger partial charge in [-0.2, -0.15) is 0 Å². The van der Waals surface area contributed by atoms with Gasteiger partial charge in [-0.1, -0.05) is 19.4 Å². The van der Waals surface area contributed by atoms with E-state index in [4.69, 9.17) is 5.73 Å². The molecule has 1 aliphatic heterocycles. The molecule has 0 atom stereocenters. The van der Waals surface area contributed by atoms with Gasteiger partial charge in [0.05, 0.1) is 0 Å². The maximum absolute atomic E-state index is 13.6. The average molecular weight is 236 g/mol. The van der Waals surface area contributed by atoms with Crippen LogP contribution in [0.15, 0.2) is 18.2 Å². The van der Waals surface area contributed by atoms with Crippen molar-refractivity contribution in [1.82, 2.24) is 4.90 Å². The molecule has 0 saturated carbocycles. The Kier molecular flexibility index (Phi) is 4.00. The Morgan fingerprint density at radius 1 is 1.35 bits per heavy atom. The molecule has 2 N–H and O–H groups in total. The molecule has 1 saturated heterocycles. The van der Waals surface area contributed by atoms with Gasteiger partial charge in [-0.05, 0) is 44.0 Å². The van der Waals surface area contributed by atoms with Crippen LogP contribution in [-0.2, 0) is 6.54 Å². The standard InChI is InChI=1S/C14H21FN2/c1-2-11-6-8-17(9-7-11)10-12-13(15)4-3-5-14(12)16/h3-5,11H,2,6-10,16H2,1H3. The summed E-state index contributed by atoms with van der Waals surface area (Å²) < 4.78 is 13.6. The van der Waals surface area contributed by atoms with Crippen molar-refractivity contribution in [1.29, 1.82) is 0 Å². The Hall–Kier alpha value is -1.09. The van der Waals surface area contributed by atoms with Gasteiger partial charge < -0.3 is 5.73 Å². The van der Waals surface area contributed by atoms with Crippen LogP contribution in [0, 0.1) is 11.7 Å². The first kappa shape index (κ1) is 12.4. The van der Waals surface area contributed by atoms with Crippen LogP contribution in [0.25, 0.3) is 0 Å². The van der Waals surface area contributed by atoms with E-state index < -0.39 is 0 Å². The first-order valence-corrected chi connectivity index (χ1v) is 6.46. The number of benzene rings is 1. The van der Waals surface area contributed by atoms with Gasteiger partial charge in [0.2, 0.25) is 0 Å². The van der Waals surface area contributed by atoms with E-state index in [1.807, 2.05) is 0 Å². The number of halogens is 1. The second kappa shape index (κ2) is 5.50. The summed E-state index contributed by atoms with van der Waals surface area (Å²) in [5, 5.41) is 0. The zero-order chi connectivity index (χ0) is 12.3. The molecule has 0 unspecified atom stereocenters. The molecule has 1 fully saturated rings. The lowest BCUT2D eigenvalue weighted by atomic mass is 9.94. The highest BCUT2D eigenvalue weighted by atomic mass is 19.1. The summed E-state index contributed by atoms with van der Waals surface area (Å²) in [6.45, 7) is 5.02. The van der Waals surface area contributed by atoms with E-state index in [2.05, 4.69) is 11.8 Å². The van der Waals surface area contributed by atoms with Crippen LogP contribution in [-0.4, -0.2) is 18.0 Å². The van der Waals surface area contributed by atoms with Gasteiger partial charge in [0.25, 0.3) is 0 Å². The van der Waals surface area contributed by atoms with Crippen molar-refractivity contribution in [3.05, 3.63) is 29.6 Å². The van der Waals surface area contributed by atoms with Crippen LogP contribution < -0.4 is 5.73 Å². The number of nitrogens with zero attached hydrogens (tertiary/aromatic N) is 1. The molecule has 0 radical (unpaired) electrons. The van der Waals surface area contributed by atoms with Gasteiger partial charge in [0.1, 0.15) is 5.82 Å². The SMILES string of the molecule is CCC1CCN(Cc2c(N)cccc2F)CC1. The minimum Gasteiger partial charge on any atom is -0.398 e. The predicted octanol–water partition coefficient (Wildman–Crippen LogP) is 3.03. The summed E-state index contributed by atoms with van der Waals surface area (Å²) in [5.74, 6) is 0.673. The molecule has 0 bridgehead atoms. The van der Waals surface area contributed by atoms with Crippen LogP contribution >= 0.6 is 0 Å². The molecular weight excluding hydrogens is 215 g/mol. The fraction of sp³-hybridized carbons (Fsp3) is 0.571. The summed E-state index contributed by atoms with van der Waals surface area (Å²) in [6, 6.07) is 4.93. The highest BCUT2D eigenvalue weighted by Crippen LogP contribution is 2.24. The summed E-state index contributed by atoms with van der Waals surface area (Å²) in [4.78, 5) is 2.31. The Labute approximate surface area is 103 Å². The molecule has 3 heteroatoms. The molecule has 2 nitrogen and oxygen atoms in total. The molecular formula is C14H21FN2. The molecule has 94 valence electrons. The van der Waals surface area contributed by atoms with E-state index in [1.165, 1.54) is 25.3 Å². The van der Waals surface area contributed by atoms with Crippen LogP contribution in [0.1, 0.15) is 31.7 Å². The van der Waals surface area contributed by atoms with Crippen molar-refractivity contribution >= 4 is 5.69 Å². The minimum atomic E-state index is -0.178. The second-order valence-electron chi connectivity index (χ2n) is 4.94. The third-order valence-corrected chi connectivity index (χ3v) is 3.82. The zero-order valence-electron chi connectivity index (χ0n) is 10.5. The summed E-state index contributed by atoms with van der Waals surface area (Å²) >= 11 is 0. The van der Waals surface area contributed by atoms with Crippen molar-refractivity contribution in [3.63, 3.8) is 0 Å². The van der Waals surface area contributed by atoms with E-state index in [-0.39, 0.29) is 5.82 Å². The van der Waals surface area contributed by atoms with Crippen molar-refractivity contribution in [2.24, 2.45) is 5.92 Å². The number of nitrogens with two attached hydrogens (primary N) is 1. The number of anilines is 1. The minimum absolute atomic E-state index is 0.178. The van der Waals surface area contributed by atoms with Crippen molar-refractivity contribution in [2.45, 2.75) is 32.7 Å². The number of hydrogen-bond donors (Lipinski definition) is 1. The van der Waals surface area contributed by atoms with E-state index in [9.17, 15) is 4.39 Å². The van der Waals surface area contributed by atoms with Gasteiger partial charge in [0.15, 0.2) is 0 Å². The Bertz CT molecular complexity index is 350. The molecule has 2 rings (SSSR count). The molecule has 0 spiro atoms. The summed E-state index contributed by atoms with van der Waals surface area (Å²) in [5.41, 5.74) is 7.05. The molecule has 0 aliphatic carbocycles. The first-order valence-electron chi connectivity index (χ1n) is 6.46. The zero-order valence-corrected chi connectivity index (χ0v) is 10.5. The van der Waals surface area contributed by atoms with Gasteiger partial charge >= 0.3 is 0 Å². The molecule has 17 heavy (non-hydrogen) atoms. The van der Waals surface area contributed by atoms with Crippen LogP contribution in [0.3, 0.4) is 0 Å². The number of rotatable bonds is 3. The topological polar surface area (TPSA) is 29.3 Å². The Morgan fingerprint density at radius 3 is 2.65 bits per heavy atom. The largest absolute Gasteiger partial charge is 0.398 e. The molecule has 1 aromatic rings. The number of hydrogen-bond acceptors (Lipinski definition) is 2. The lowest BCUT2D eigenvalue weighted by Gasteiger charge is -2.31. The fourth-order valence-electron chi connectivity index (χ4n) is 2.52. The van der Waals surface area contributed by atoms with Crippen molar-refractivity contribution in [3.8, 4) is 0 Å². The lowest BCUT2D eigenvalue weighted by Crippen LogP contribution is -2.33. The normalized spacial score (nSPS) is 18.5. The van der Waals surface area contributed by atoms with Crippen LogP contribution in [0.4, 0.5) is 10.1 Å². The van der Waals surface area contributed by atoms with Crippen molar-refractivity contribution < 1.29 is 4.39 Å². The van der Waals surface area contributed by atoms with Crippen molar-refractivity contribution in [2.75, 3.05) is 18.8 Å². The van der Waals surface area contributed by atoms with Crippen LogP contribution in [0.5, 0.6) is 0 Å². The number of nitrogen functional groups attached to an aromatic ring is 1. The second-order valence-corrected chi connectivity index (χ2v) is 4.94. The van der Waals surface area contributed by atoms with E-state index in [0.29, 0.717) is 17.8 Å². The monoisotopic (exact) mass is 236 g/mol. The Balaban J connectivity index is 1.98. The smallest absolute Gasteiger partial charge is 0.129 e. The van der Waals surface area contributed by atoms with E-state index >= 15 is 0 Å². The van der Waals surface area contributed by atoms with Gasteiger partial charge in [0, 0.05) is 17.8 Å². The third kappa shape index (κ3) is 2.97. The summed E-state index contributed by atoms with van der Waals surface area (Å²) in [7, 11) is 0. The van der Waals surface area contributed by atoms with E-state index in [1.54, 1.807) is 12.1 Å². The maximum Gasteiger partial charge on any atom is 0.129 e. The summed E-state index contributed by atoms with van der Waals surface area (Å²) in [6.07, 6.45) is 3.71. The number of piperidine rings is 1. The highest BCUT2D eigenvalue weighted by Gasteiger charge is 2.19. The molecule has 0 amide bonds. The highest BCUT2D eigenvalue weighted by molar-refractivity contribution is 5.47. The molecule has 0 aromatic heterocycles. The van der Waals surface area contributed by atoms with Gasteiger partial charge in [-0.3, -0.25) is 4.90 Å². The first-order chi connectivity index (χ1) is 8.20. The third-order valence-electron chi connectivity index (χ3n) is 3.82.